The number of thiophene rings is 1. The Morgan fingerprint density at radius 3 is 2.59 bits per heavy atom. The maximum absolute atomic E-state index is 10.7. The van der Waals surface area contributed by atoms with Crippen molar-refractivity contribution in [2.75, 3.05) is 0 Å². The largest absolute Gasteiger partial charge is 0.388 e. The van der Waals surface area contributed by atoms with Crippen LogP contribution in [0.1, 0.15) is 61.0 Å². The molecular formula is C15H24OS. The summed E-state index contributed by atoms with van der Waals surface area (Å²) in [4.78, 5) is 2.60. The zero-order valence-corrected chi connectivity index (χ0v) is 12.2. The molecule has 1 nitrogen and oxygen atoms in total. The van der Waals surface area contributed by atoms with Crippen molar-refractivity contribution >= 4 is 11.3 Å². The standard InChI is InChI=1S/C15H24OS/c1-10-9-12(11(2)17-10)14(16)13-7-5-6-8-15(13,3)4/h9,13-14,16H,5-8H2,1-4H3. The zero-order valence-electron chi connectivity index (χ0n) is 11.4. The van der Waals surface area contributed by atoms with Crippen molar-refractivity contribution in [2.24, 2.45) is 11.3 Å². The highest BCUT2D eigenvalue weighted by molar-refractivity contribution is 7.12. The van der Waals surface area contributed by atoms with E-state index in [1.807, 2.05) is 0 Å². The number of aliphatic hydroxyl groups is 1. The average Bonchev–Trinajstić information content (AvgIpc) is 2.56. The van der Waals surface area contributed by atoms with Gasteiger partial charge in [-0.05, 0) is 49.7 Å². The van der Waals surface area contributed by atoms with Crippen molar-refractivity contribution < 1.29 is 5.11 Å². The van der Waals surface area contributed by atoms with Crippen molar-refractivity contribution in [1.82, 2.24) is 0 Å². The molecule has 2 rings (SSSR count). The number of rotatable bonds is 2. The van der Waals surface area contributed by atoms with Crippen LogP contribution in [0.15, 0.2) is 6.07 Å². The predicted octanol–water partition coefficient (Wildman–Crippen LogP) is 4.61. The molecule has 1 aliphatic rings. The van der Waals surface area contributed by atoms with E-state index in [-0.39, 0.29) is 11.5 Å². The molecule has 17 heavy (non-hydrogen) atoms. The number of aryl methyl sites for hydroxylation is 2. The zero-order chi connectivity index (χ0) is 12.6. The molecule has 1 aliphatic carbocycles. The normalized spacial score (nSPS) is 25.8. The van der Waals surface area contributed by atoms with Crippen LogP contribution in [0.4, 0.5) is 0 Å². The molecule has 0 amide bonds. The summed E-state index contributed by atoms with van der Waals surface area (Å²) >= 11 is 1.80. The minimum absolute atomic E-state index is 0.268. The van der Waals surface area contributed by atoms with Gasteiger partial charge in [0.2, 0.25) is 0 Å². The lowest BCUT2D eigenvalue weighted by atomic mass is 9.65. The fourth-order valence-corrected chi connectivity index (χ4v) is 4.23. The van der Waals surface area contributed by atoms with Gasteiger partial charge in [-0.25, -0.2) is 0 Å². The minimum Gasteiger partial charge on any atom is -0.388 e. The molecule has 96 valence electrons. The Hall–Kier alpha value is -0.340. The van der Waals surface area contributed by atoms with Crippen molar-refractivity contribution in [2.45, 2.75) is 59.5 Å². The molecule has 1 aromatic rings. The molecule has 1 N–H and O–H groups in total. The monoisotopic (exact) mass is 252 g/mol. The fraction of sp³-hybridized carbons (Fsp3) is 0.733. The van der Waals surface area contributed by atoms with Gasteiger partial charge in [0.1, 0.15) is 0 Å². The molecule has 0 saturated heterocycles. The lowest BCUT2D eigenvalue weighted by molar-refractivity contribution is 0.00378. The highest BCUT2D eigenvalue weighted by Gasteiger charge is 2.38. The first-order valence-corrected chi connectivity index (χ1v) is 7.48. The third-order valence-electron chi connectivity index (χ3n) is 4.37. The summed E-state index contributed by atoms with van der Waals surface area (Å²) in [6.45, 7) is 8.88. The van der Waals surface area contributed by atoms with Crippen LogP contribution in [-0.4, -0.2) is 5.11 Å². The quantitative estimate of drug-likeness (QED) is 0.814. The Morgan fingerprint density at radius 1 is 1.35 bits per heavy atom. The molecule has 2 unspecified atom stereocenters. The van der Waals surface area contributed by atoms with E-state index >= 15 is 0 Å². The second-order valence-corrected chi connectivity index (χ2v) is 7.61. The first-order valence-electron chi connectivity index (χ1n) is 6.67. The summed E-state index contributed by atoms with van der Waals surface area (Å²) in [5.41, 5.74) is 1.45. The molecule has 0 aliphatic heterocycles. The SMILES string of the molecule is Cc1cc(C(O)C2CCCCC2(C)C)c(C)s1. The lowest BCUT2D eigenvalue weighted by Crippen LogP contribution is -2.32. The Morgan fingerprint density at radius 2 is 2.06 bits per heavy atom. The van der Waals surface area contributed by atoms with Crippen LogP contribution in [0.25, 0.3) is 0 Å². The van der Waals surface area contributed by atoms with E-state index in [1.54, 1.807) is 11.3 Å². The maximum atomic E-state index is 10.7. The number of hydrogen-bond donors (Lipinski definition) is 1. The van der Waals surface area contributed by atoms with Crippen LogP contribution in [0.5, 0.6) is 0 Å². The molecule has 0 bridgehead atoms. The molecule has 1 aromatic heterocycles. The van der Waals surface area contributed by atoms with Crippen LogP contribution in [0.3, 0.4) is 0 Å². The van der Waals surface area contributed by atoms with Crippen LogP contribution < -0.4 is 0 Å². The van der Waals surface area contributed by atoms with Gasteiger partial charge in [-0.1, -0.05) is 26.7 Å². The molecule has 1 saturated carbocycles. The van der Waals surface area contributed by atoms with Gasteiger partial charge in [0.05, 0.1) is 6.10 Å². The summed E-state index contributed by atoms with van der Waals surface area (Å²) in [6, 6.07) is 2.18. The summed E-state index contributed by atoms with van der Waals surface area (Å²) in [5.74, 6) is 0.420. The third kappa shape index (κ3) is 2.58. The molecule has 2 heteroatoms. The van der Waals surface area contributed by atoms with Gasteiger partial charge in [-0.3, -0.25) is 0 Å². The van der Waals surface area contributed by atoms with E-state index in [4.69, 9.17) is 0 Å². The van der Waals surface area contributed by atoms with Gasteiger partial charge < -0.3 is 5.11 Å². The smallest absolute Gasteiger partial charge is 0.0834 e. The van der Waals surface area contributed by atoms with E-state index in [9.17, 15) is 5.11 Å². The van der Waals surface area contributed by atoms with Crippen molar-refractivity contribution in [1.29, 1.82) is 0 Å². The Bertz CT molecular complexity index is 392. The molecule has 2 atom stereocenters. The van der Waals surface area contributed by atoms with Gasteiger partial charge in [0, 0.05) is 9.75 Å². The van der Waals surface area contributed by atoms with Crippen LogP contribution >= 0.6 is 11.3 Å². The molecule has 0 aromatic carbocycles. The highest BCUT2D eigenvalue weighted by Crippen LogP contribution is 2.47. The van der Waals surface area contributed by atoms with Gasteiger partial charge in [-0.15, -0.1) is 11.3 Å². The Labute approximate surface area is 109 Å². The third-order valence-corrected chi connectivity index (χ3v) is 5.35. The summed E-state index contributed by atoms with van der Waals surface area (Å²) < 4.78 is 0. The van der Waals surface area contributed by atoms with Crippen LogP contribution in [0.2, 0.25) is 0 Å². The number of aliphatic hydroxyl groups excluding tert-OH is 1. The first kappa shape index (κ1) is 13.1. The average molecular weight is 252 g/mol. The van der Waals surface area contributed by atoms with E-state index in [0.717, 1.165) is 0 Å². The predicted molar refractivity (Wildman–Crippen MR) is 74.5 cm³/mol. The number of hydrogen-bond acceptors (Lipinski definition) is 2. The van der Waals surface area contributed by atoms with E-state index < -0.39 is 0 Å². The summed E-state index contributed by atoms with van der Waals surface area (Å²) in [6.07, 6.45) is 4.74. The van der Waals surface area contributed by atoms with Crippen molar-refractivity contribution in [3.05, 3.63) is 21.4 Å². The summed E-state index contributed by atoms with van der Waals surface area (Å²) in [7, 11) is 0. The van der Waals surface area contributed by atoms with Crippen molar-refractivity contribution in [3.63, 3.8) is 0 Å². The molecular weight excluding hydrogens is 228 g/mol. The van der Waals surface area contributed by atoms with Gasteiger partial charge in [0.25, 0.3) is 0 Å². The summed E-state index contributed by atoms with van der Waals surface area (Å²) in [5, 5.41) is 10.7. The molecule has 1 fully saturated rings. The van der Waals surface area contributed by atoms with E-state index in [0.29, 0.717) is 5.92 Å². The van der Waals surface area contributed by atoms with E-state index in [1.165, 1.54) is 41.0 Å². The van der Waals surface area contributed by atoms with Crippen LogP contribution in [0, 0.1) is 25.2 Å². The van der Waals surface area contributed by atoms with Gasteiger partial charge in [-0.2, -0.15) is 0 Å². The highest BCUT2D eigenvalue weighted by atomic mass is 32.1. The molecule has 1 heterocycles. The lowest BCUT2D eigenvalue weighted by Gasteiger charge is -2.41. The van der Waals surface area contributed by atoms with Gasteiger partial charge in [0.15, 0.2) is 0 Å². The fourth-order valence-electron chi connectivity index (χ4n) is 3.27. The second kappa shape index (κ2) is 4.74. The second-order valence-electron chi connectivity index (χ2n) is 6.15. The van der Waals surface area contributed by atoms with E-state index in [2.05, 4.69) is 33.8 Å². The topological polar surface area (TPSA) is 20.2 Å². The maximum Gasteiger partial charge on any atom is 0.0834 e. The molecule has 0 spiro atoms. The van der Waals surface area contributed by atoms with Gasteiger partial charge >= 0.3 is 0 Å². The Kier molecular flexibility index (Phi) is 3.65. The first-order chi connectivity index (χ1) is 7.92. The van der Waals surface area contributed by atoms with Crippen LogP contribution in [-0.2, 0) is 0 Å². The minimum atomic E-state index is -0.268. The Balaban J connectivity index is 2.24. The van der Waals surface area contributed by atoms with Crippen molar-refractivity contribution in [3.8, 4) is 0 Å². The molecule has 0 radical (unpaired) electrons.